The molecule has 0 aliphatic heterocycles. The van der Waals surface area contributed by atoms with Gasteiger partial charge in [-0.3, -0.25) is 4.79 Å². The Labute approximate surface area is 122 Å². The van der Waals surface area contributed by atoms with Crippen molar-refractivity contribution in [2.45, 2.75) is 77.0 Å². The number of methoxy groups -OCH3 is 1. The number of rotatable bonds is 15. The van der Waals surface area contributed by atoms with Gasteiger partial charge in [-0.25, -0.2) is 4.79 Å². The average Bonchev–Trinajstić information content (AvgIpc) is 2.43. The molecule has 0 atom stereocenters. The average molecular weight is 286 g/mol. The molecule has 0 saturated heterocycles. The minimum atomic E-state index is -1.30. The molecule has 4 heteroatoms. The summed E-state index contributed by atoms with van der Waals surface area (Å²) >= 11 is 0. The van der Waals surface area contributed by atoms with Gasteiger partial charge in [-0.15, -0.1) is 0 Å². The van der Waals surface area contributed by atoms with E-state index in [9.17, 15) is 9.59 Å². The van der Waals surface area contributed by atoms with Crippen molar-refractivity contribution in [2.24, 2.45) is 0 Å². The molecule has 0 aliphatic carbocycles. The highest BCUT2D eigenvalue weighted by Crippen LogP contribution is 2.12. The Morgan fingerprint density at radius 3 is 1.55 bits per heavy atom. The van der Waals surface area contributed by atoms with Gasteiger partial charge >= 0.3 is 5.97 Å². The number of carbonyl (C=O) groups excluding carboxylic acids is 1. The van der Waals surface area contributed by atoms with Crippen LogP contribution in [0.5, 0.6) is 0 Å². The van der Waals surface area contributed by atoms with Crippen molar-refractivity contribution in [3.05, 3.63) is 0 Å². The molecule has 118 valence electrons. The molecular formula is C16H30O4. The van der Waals surface area contributed by atoms with Gasteiger partial charge in [0.1, 0.15) is 0 Å². The van der Waals surface area contributed by atoms with E-state index in [0.29, 0.717) is 6.42 Å². The van der Waals surface area contributed by atoms with Crippen molar-refractivity contribution >= 4 is 11.8 Å². The first kappa shape index (κ1) is 19.1. The van der Waals surface area contributed by atoms with Crippen LogP contribution < -0.4 is 0 Å². The molecule has 1 N–H and O–H groups in total. The van der Waals surface area contributed by atoms with Gasteiger partial charge in [0.2, 0.25) is 5.78 Å². The third-order valence-corrected chi connectivity index (χ3v) is 3.49. The zero-order valence-electron chi connectivity index (χ0n) is 12.9. The molecule has 0 rings (SSSR count). The lowest BCUT2D eigenvalue weighted by atomic mass is 10.0. The van der Waals surface area contributed by atoms with Crippen LogP contribution in [0, 0.1) is 0 Å². The standard InChI is InChI=1S/C16H30O4/c1-20-14-12-10-8-6-4-2-3-5-7-9-11-13-15(17)16(18)19/h2-14H2,1H3,(H,18,19). The number of unbranched alkanes of at least 4 members (excludes halogenated alkanes) is 10. The quantitative estimate of drug-likeness (QED) is 0.365. The smallest absolute Gasteiger partial charge is 0.372 e. The topological polar surface area (TPSA) is 63.6 Å². The monoisotopic (exact) mass is 286 g/mol. The summed E-state index contributed by atoms with van der Waals surface area (Å²) in [5.41, 5.74) is 0. The second-order valence-electron chi connectivity index (χ2n) is 5.36. The fourth-order valence-corrected chi connectivity index (χ4v) is 2.23. The van der Waals surface area contributed by atoms with Crippen molar-refractivity contribution in [1.82, 2.24) is 0 Å². The molecule has 0 aromatic heterocycles. The molecule has 0 unspecified atom stereocenters. The fourth-order valence-electron chi connectivity index (χ4n) is 2.23. The first-order valence-corrected chi connectivity index (χ1v) is 7.93. The van der Waals surface area contributed by atoms with E-state index < -0.39 is 11.8 Å². The zero-order chi connectivity index (χ0) is 15.1. The van der Waals surface area contributed by atoms with Crippen molar-refractivity contribution in [3.8, 4) is 0 Å². The van der Waals surface area contributed by atoms with Crippen molar-refractivity contribution in [2.75, 3.05) is 13.7 Å². The van der Waals surface area contributed by atoms with Gasteiger partial charge in [-0.1, -0.05) is 57.8 Å². The van der Waals surface area contributed by atoms with E-state index in [1.165, 1.54) is 51.4 Å². The molecule has 0 saturated carbocycles. The Bertz CT molecular complexity index is 251. The van der Waals surface area contributed by atoms with Crippen LogP contribution in [0.25, 0.3) is 0 Å². The molecule has 0 amide bonds. The first-order valence-electron chi connectivity index (χ1n) is 7.93. The molecule has 0 radical (unpaired) electrons. The van der Waals surface area contributed by atoms with Gasteiger partial charge < -0.3 is 9.84 Å². The number of hydrogen-bond acceptors (Lipinski definition) is 3. The maximum Gasteiger partial charge on any atom is 0.372 e. The van der Waals surface area contributed by atoms with Gasteiger partial charge in [0.15, 0.2) is 0 Å². The first-order chi connectivity index (χ1) is 9.68. The number of carboxylic acid groups (broad SMARTS) is 1. The molecule has 0 aromatic carbocycles. The highest BCUT2D eigenvalue weighted by molar-refractivity contribution is 6.32. The zero-order valence-corrected chi connectivity index (χ0v) is 12.9. The number of ether oxygens (including phenoxy) is 1. The van der Waals surface area contributed by atoms with Gasteiger partial charge in [-0.2, -0.15) is 0 Å². The summed E-state index contributed by atoms with van der Waals surface area (Å²) < 4.78 is 5.01. The second-order valence-corrected chi connectivity index (χ2v) is 5.36. The van der Waals surface area contributed by atoms with E-state index in [-0.39, 0.29) is 6.42 Å². The van der Waals surface area contributed by atoms with E-state index in [0.717, 1.165) is 19.4 Å². The van der Waals surface area contributed by atoms with Crippen molar-refractivity contribution in [1.29, 1.82) is 0 Å². The second kappa shape index (κ2) is 14.5. The number of aliphatic carboxylic acids is 1. The lowest BCUT2D eigenvalue weighted by Crippen LogP contribution is -2.11. The number of hydrogen-bond donors (Lipinski definition) is 1. The molecular weight excluding hydrogens is 256 g/mol. The van der Waals surface area contributed by atoms with Gasteiger partial charge in [0.25, 0.3) is 0 Å². The Morgan fingerprint density at radius 2 is 1.15 bits per heavy atom. The maximum atomic E-state index is 10.8. The third kappa shape index (κ3) is 13.5. The lowest BCUT2D eigenvalue weighted by Gasteiger charge is -2.02. The summed E-state index contributed by atoms with van der Waals surface area (Å²) in [4.78, 5) is 21.1. The molecule has 0 fully saturated rings. The predicted molar refractivity (Wildman–Crippen MR) is 79.9 cm³/mol. The summed E-state index contributed by atoms with van der Waals surface area (Å²) in [5.74, 6) is -1.95. The van der Waals surface area contributed by atoms with Crippen LogP contribution in [0.1, 0.15) is 77.0 Å². The van der Waals surface area contributed by atoms with E-state index in [2.05, 4.69) is 0 Å². The summed E-state index contributed by atoms with van der Waals surface area (Å²) in [6.45, 7) is 0.879. The number of carbonyl (C=O) groups is 2. The van der Waals surface area contributed by atoms with Crippen LogP contribution in [0.15, 0.2) is 0 Å². The largest absolute Gasteiger partial charge is 0.476 e. The SMILES string of the molecule is COCCCCCCCCCCCCCC(=O)C(=O)O. The molecule has 0 aliphatic rings. The number of carboxylic acids is 1. The molecule has 0 heterocycles. The molecule has 0 spiro atoms. The molecule has 0 bridgehead atoms. The molecule has 0 aromatic rings. The Hall–Kier alpha value is -0.900. The number of Topliss-reactive ketones (excluding diaryl/α,β-unsaturated/α-hetero) is 1. The van der Waals surface area contributed by atoms with Crippen LogP contribution in [0.4, 0.5) is 0 Å². The normalized spacial score (nSPS) is 10.7. The number of ketones is 1. The summed E-state index contributed by atoms with van der Waals surface area (Å²) in [5, 5.41) is 8.42. The van der Waals surface area contributed by atoms with Crippen LogP contribution in [0.3, 0.4) is 0 Å². The minimum Gasteiger partial charge on any atom is -0.476 e. The fraction of sp³-hybridized carbons (Fsp3) is 0.875. The van der Waals surface area contributed by atoms with Gasteiger partial charge in [0.05, 0.1) is 0 Å². The Balaban J connectivity index is 3.06. The van der Waals surface area contributed by atoms with E-state index >= 15 is 0 Å². The third-order valence-electron chi connectivity index (χ3n) is 3.49. The van der Waals surface area contributed by atoms with Crippen molar-refractivity contribution in [3.63, 3.8) is 0 Å². The van der Waals surface area contributed by atoms with Crippen LogP contribution >= 0.6 is 0 Å². The Morgan fingerprint density at radius 1 is 0.750 bits per heavy atom. The Kier molecular flexibility index (Phi) is 13.9. The summed E-state index contributed by atoms with van der Waals surface area (Å²) in [6, 6.07) is 0. The van der Waals surface area contributed by atoms with Crippen LogP contribution in [0.2, 0.25) is 0 Å². The van der Waals surface area contributed by atoms with Crippen LogP contribution in [-0.2, 0) is 14.3 Å². The van der Waals surface area contributed by atoms with E-state index in [1.807, 2.05) is 0 Å². The maximum absolute atomic E-state index is 10.8. The highest BCUT2D eigenvalue weighted by atomic mass is 16.5. The summed E-state index contributed by atoms with van der Waals surface area (Å²) in [7, 11) is 1.75. The molecule has 4 nitrogen and oxygen atoms in total. The van der Waals surface area contributed by atoms with Crippen molar-refractivity contribution < 1.29 is 19.4 Å². The molecule has 20 heavy (non-hydrogen) atoms. The predicted octanol–water partition coefficient (Wildman–Crippen LogP) is 3.97. The minimum absolute atomic E-state index is 0.191. The van der Waals surface area contributed by atoms with E-state index in [4.69, 9.17) is 9.84 Å². The van der Waals surface area contributed by atoms with Gasteiger partial charge in [-0.05, 0) is 12.8 Å². The highest BCUT2D eigenvalue weighted by Gasteiger charge is 2.09. The summed E-state index contributed by atoms with van der Waals surface area (Å²) in [6.07, 6.45) is 13.1. The van der Waals surface area contributed by atoms with E-state index in [1.54, 1.807) is 7.11 Å². The van der Waals surface area contributed by atoms with Crippen LogP contribution in [-0.4, -0.2) is 30.6 Å². The lowest BCUT2D eigenvalue weighted by molar-refractivity contribution is -0.149. The van der Waals surface area contributed by atoms with Gasteiger partial charge in [0, 0.05) is 20.1 Å².